The molecule has 0 unspecified atom stereocenters. The number of ether oxygens (including phenoxy) is 1. The number of hydrogen-bond acceptors (Lipinski definition) is 4. The van der Waals surface area contributed by atoms with Gasteiger partial charge >= 0.3 is 6.03 Å². The monoisotopic (exact) mass is 285 g/mol. The van der Waals surface area contributed by atoms with E-state index < -0.39 is 11.9 Å². The van der Waals surface area contributed by atoms with Gasteiger partial charge in [0.05, 0.1) is 5.02 Å². The zero-order valence-electron chi connectivity index (χ0n) is 10.5. The predicted molar refractivity (Wildman–Crippen MR) is 72.1 cm³/mol. The first-order valence-electron chi connectivity index (χ1n) is 5.74. The van der Waals surface area contributed by atoms with Gasteiger partial charge < -0.3 is 15.8 Å². The Morgan fingerprint density at radius 3 is 2.74 bits per heavy atom. The number of rotatable bonds is 6. The summed E-state index contributed by atoms with van der Waals surface area (Å²) in [5, 5.41) is 5.47. The number of imide groups is 1. The van der Waals surface area contributed by atoms with Crippen LogP contribution in [0.5, 0.6) is 5.75 Å². The molecule has 0 bridgehead atoms. The third-order valence-electron chi connectivity index (χ3n) is 2.20. The summed E-state index contributed by atoms with van der Waals surface area (Å²) >= 11 is 6.02. The Hall–Kier alpha value is -1.79. The molecule has 0 aromatic heterocycles. The van der Waals surface area contributed by atoms with E-state index in [2.05, 4.69) is 5.32 Å². The molecule has 3 amide bonds. The van der Waals surface area contributed by atoms with Crippen molar-refractivity contribution in [2.45, 2.75) is 13.5 Å². The van der Waals surface area contributed by atoms with Crippen molar-refractivity contribution in [1.29, 1.82) is 0 Å². The molecule has 0 heterocycles. The largest absolute Gasteiger partial charge is 0.482 e. The van der Waals surface area contributed by atoms with Crippen molar-refractivity contribution in [3.8, 4) is 5.75 Å². The maximum Gasteiger partial charge on any atom is 0.318 e. The second kappa shape index (κ2) is 7.60. The number of nitrogens with two attached hydrogens (primary N) is 1. The summed E-state index contributed by atoms with van der Waals surface area (Å²) in [7, 11) is 0. The smallest absolute Gasteiger partial charge is 0.318 e. The van der Waals surface area contributed by atoms with E-state index in [-0.39, 0.29) is 6.61 Å². The Bertz CT molecular complexity index is 466. The lowest BCUT2D eigenvalue weighted by Crippen LogP contribution is -2.38. The van der Waals surface area contributed by atoms with Crippen molar-refractivity contribution < 1.29 is 14.3 Å². The summed E-state index contributed by atoms with van der Waals surface area (Å²) in [6, 6.07) is 4.36. The highest BCUT2D eigenvalue weighted by atomic mass is 35.5. The molecular formula is C12H16ClN3O3. The number of nitrogens with one attached hydrogen (secondary N) is 2. The molecule has 4 N–H and O–H groups in total. The van der Waals surface area contributed by atoms with Gasteiger partial charge in [0.1, 0.15) is 5.75 Å². The fourth-order valence-corrected chi connectivity index (χ4v) is 1.62. The topological polar surface area (TPSA) is 93.4 Å². The molecule has 19 heavy (non-hydrogen) atoms. The summed E-state index contributed by atoms with van der Waals surface area (Å²) in [5.41, 5.74) is 5.81. The van der Waals surface area contributed by atoms with Gasteiger partial charge in [-0.15, -0.1) is 0 Å². The van der Waals surface area contributed by atoms with Gasteiger partial charge in [0.15, 0.2) is 6.61 Å². The molecule has 104 valence electrons. The number of carbonyl (C=O) groups is 2. The zero-order chi connectivity index (χ0) is 14.3. The highest BCUT2D eigenvalue weighted by Gasteiger charge is 2.08. The molecule has 0 saturated carbocycles. The number of hydrogen-bond donors (Lipinski definition) is 3. The predicted octanol–water partition coefficient (Wildman–Crippen LogP) is 1.02. The first kappa shape index (κ1) is 15.3. The van der Waals surface area contributed by atoms with Crippen LogP contribution >= 0.6 is 11.6 Å². The average Bonchev–Trinajstić information content (AvgIpc) is 2.34. The Kier molecular flexibility index (Phi) is 6.11. The molecule has 0 aliphatic rings. The van der Waals surface area contributed by atoms with Crippen LogP contribution in [0.4, 0.5) is 4.79 Å². The van der Waals surface area contributed by atoms with E-state index in [1.807, 2.05) is 18.3 Å². The Morgan fingerprint density at radius 1 is 1.42 bits per heavy atom. The molecule has 0 atom stereocenters. The normalized spacial score (nSPS) is 10.0. The van der Waals surface area contributed by atoms with Crippen LogP contribution < -0.4 is 21.1 Å². The minimum atomic E-state index is -0.916. The van der Waals surface area contributed by atoms with Crippen molar-refractivity contribution in [3.05, 3.63) is 28.8 Å². The van der Waals surface area contributed by atoms with E-state index in [0.717, 1.165) is 12.1 Å². The van der Waals surface area contributed by atoms with Crippen LogP contribution in [0.3, 0.4) is 0 Å². The molecular weight excluding hydrogens is 270 g/mol. The molecule has 0 radical (unpaired) electrons. The highest BCUT2D eigenvalue weighted by Crippen LogP contribution is 2.25. The van der Waals surface area contributed by atoms with Crippen molar-refractivity contribution in [2.24, 2.45) is 5.73 Å². The van der Waals surface area contributed by atoms with Crippen LogP contribution in [-0.2, 0) is 11.3 Å². The van der Waals surface area contributed by atoms with Crippen LogP contribution in [0.25, 0.3) is 0 Å². The Morgan fingerprint density at radius 2 is 2.16 bits per heavy atom. The Labute approximate surface area is 116 Å². The van der Waals surface area contributed by atoms with Crippen molar-refractivity contribution in [2.75, 3.05) is 13.2 Å². The molecule has 6 nitrogen and oxygen atoms in total. The molecule has 1 aromatic rings. The number of halogens is 1. The van der Waals surface area contributed by atoms with Gasteiger partial charge in [-0.25, -0.2) is 4.79 Å². The van der Waals surface area contributed by atoms with Gasteiger partial charge in [-0.3, -0.25) is 10.1 Å². The first-order chi connectivity index (χ1) is 9.02. The van der Waals surface area contributed by atoms with Gasteiger partial charge in [0, 0.05) is 6.54 Å². The summed E-state index contributed by atoms with van der Waals surface area (Å²) in [6.45, 7) is 3.26. The highest BCUT2D eigenvalue weighted by molar-refractivity contribution is 6.32. The SMILES string of the molecule is CCNCc1ccc(OCC(=O)NC(N)=O)c(Cl)c1. The van der Waals surface area contributed by atoms with Crippen LogP contribution in [-0.4, -0.2) is 25.1 Å². The summed E-state index contributed by atoms with van der Waals surface area (Å²) in [5.74, 6) is -0.248. The van der Waals surface area contributed by atoms with Crippen LogP contribution in [0.15, 0.2) is 18.2 Å². The third kappa shape index (κ3) is 5.58. The lowest BCUT2D eigenvalue weighted by Gasteiger charge is -2.09. The molecule has 1 aromatic carbocycles. The van der Waals surface area contributed by atoms with Crippen LogP contribution in [0.2, 0.25) is 5.02 Å². The minimum Gasteiger partial charge on any atom is -0.482 e. The maximum absolute atomic E-state index is 11.2. The number of benzene rings is 1. The minimum absolute atomic E-state index is 0.324. The van der Waals surface area contributed by atoms with Crippen molar-refractivity contribution in [1.82, 2.24) is 10.6 Å². The van der Waals surface area contributed by atoms with Gasteiger partial charge in [0.2, 0.25) is 0 Å². The van der Waals surface area contributed by atoms with E-state index in [1.54, 1.807) is 12.1 Å². The quantitative estimate of drug-likeness (QED) is 0.727. The standard InChI is InChI=1S/C12H16ClN3O3/c1-2-15-6-8-3-4-10(9(13)5-8)19-7-11(17)16-12(14)18/h3-5,15H,2,6-7H2,1H3,(H3,14,16,17,18). The maximum atomic E-state index is 11.2. The molecule has 0 spiro atoms. The van der Waals surface area contributed by atoms with E-state index in [0.29, 0.717) is 17.3 Å². The molecule has 7 heteroatoms. The van der Waals surface area contributed by atoms with Gasteiger partial charge in [0.25, 0.3) is 5.91 Å². The molecule has 0 aliphatic carbocycles. The number of amides is 3. The fraction of sp³-hybridized carbons (Fsp3) is 0.333. The summed E-state index contributed by atoms with van der Waals surface area (Å²) in [4.78, 5) is 21.6. The molecule has 0 aliphatic heterocycles. The van der Waals surface area contributed by atoms with E-state index in [4.69, 9.17) is 22.1 Å². The second-order valence-electron chi connectivity index (χ2n) is 3.75. The first-order valence-corrected chi connectivity index (χ1v) is 6.12. The van der Waals surface area contributed by atoms with Gasteiger partial charge in [-0.05, 0) is 24.2 Å². The Balaban J connectivity index is 2.55. The lowest BCUT2D eigenvalue weighted by atomic mass is 10.2. The van der Waals surface area contributed by atoms with E-state index in [9.17, 15) is 9.59 Å². The van der Waals surface area contributed by atoms with Gasteiger partial charge in [-0.1, -0.05) is 24.6 Å². The fourth-order valence-electron chi connectivity index (χ4n) is 1.36. The zero-order valence-corrected chi connectivity index (χ0v) is 11.3. The number of primary amides is 1. The van der Waals surface area contributed by atoms with E-state index >= 15 is 0 Å². The van der Waals surface area contributed by atoms with E-state index in [1.165, 1.54) is 0 Å². The van der Waals surface area contributed by atoms with Crippen molar-refractivity contribution >= 4 is 23.5 Å². The second-order valence-corrected chi connectivity index (χ2v) is 4.15. The lowest BCUT2D eigenvalue weighted by molar-refractivity contribution is -0.121. The molecule has 1 rings (SSSR count). The summed E-state index contributed by atoms with van der Waals surface area (Å²) < 4.78 is 5.19. The number of urea groups is 1. The van der Waals surface area contributed by atoms with Crippen molar-refractivity contribution in [3.63, 3.8) is 0 Å². The summed E-state index contributed by atoms with van der Waals surface area (Å²) in [6.07, 6.45) is 0. The third-order valence-corrected chi connectivity index (χ3v) is 2.49. The van der Waals surface area contributed by atoms with Crippen LogP contribution in [0.1, 0.15) is 12.5 Å². The molecule has 0 fully saturated rings. The average molecular weight is 286 g/mol. The number of carbonyl (C=O) groups excluding carboxylic acids is 2. The molecule has 0 saturated heterocycles. The van der Waals surface area contributed by atoms with Crippen LogP contribution in [0, 0.1) is 0 Å². The van der Waals surface area contributed by atoms with Gasteiger partial charge in [-0.2, -0.15) is 0 Å².